The molecule has 0 spiro atoms. The van der Waals surface area contributed by atoms with Crippen molar-refractivity contribution in [2.24, 2.45) is 11.7 Å². The lowest BCUT2D eigenvalue weighted by Gasteiger charge is -2.14. The van der Waals surface area contributed by atoms with Crippen molar-refractivity contribution in [2.75, 3.05) is 0 Å². The number of hydrogen-bond acceptors (Lipinski definition) is 2. The lowest BCUT2D eigenvalue weighted by atomic mass is 9.96. The van der Waals surface area contributed by atoms with Crippen molar-refractivity contribution in [3.63, 3.8) is 0 Å². The van der Waals surface area contributed by atoms with Gasteiger partial charge in [-0.2, -0.15) is 0 Å². The summed E-state index contributed by atoms with van der Waals surface area (Å²) in [6.07, 6.45) is 11.8. The fourth-order valence-electron chi connectivity index (χ4n) is 2.48. The predicted octanol–water partition coefficient (Wildman–Crippen LogP) is 3.05. The van der Waals surface area contributed by atoms with E-state index in [1.54, 1.807) is 6.20 Å². The monoisotopic (exact) mass is 204 g/mol. The van der Waals surface area contributed by atoms with Crippen LogP contribution >= 0.6 is 0 Å². The molecule has 1 heterocycles. The van der Waals surface area contributed by atoms with Gasteiger partial charge in [0, 0.05) is 18.4 Å². The summed E-state index contributed by atoms with van der Waals surface area (Å²) in [6, 6.07) is 4.22. The maximum Gasteiger partial charge on any atom is 0.0315 e. The molecule has 2 rings (SSSR count). The van der Waals surface area contributed by atoms with E-state index in [4.69, 9.17) is 5.73 Å². The molecular weight excluding hydrogens is 184 g/mol. The molecule has 1 aromatic rings. The average Bonchev–Trinajstić information content (AvgIpc) is 2.80. The van der Waals surface area contributed by atoms with Crippen LogP contribution in [0.15, 0.2) is 24.5 Å². The minimum absolute atomic E-state index is 0.180. The average molecular weight is 204 g/mol. The zero-order valence-electron chi connectivity index (χ0n) is 9.23. The molecule has 2 nitrogen and oxygen atoms in total. The van der Waals surface area contributed by atoms with E-state index in [9.17, 15) is 0 Å². The predicted molar refractivity (Wildman–Crippen MR) is 62.4 cm³/mol. The first-order valence-corrected chi connectivity index (χ1v) is 6.02. The topological polar surface area (TPSA) is 38.9 Å². The number of nitrogens with zero attached hydrogens (tertiary/aromatic N) is 1. The van der Waals surface area contributed by atoms with Crippen LogP contribution in [0.2, 0.25) is 0 Å². The van der Waals surface area contributed by atoms with Gasteiger partial charge >= 0.3 is 0 Å². The molecule has 0 radical (unpaired) electrons. The molecule has 0 aromatic carbocycles. The summed E-state index contributed by atoms with van der Waals surface area (Å²) < 4.78 is 0. The van der Waals surface area contributed by atoms with Crippen LogP contribution in [0.3, 0.4) is 0 Å². The Balaban J connectivity index is 1.79. The summed E-state index contributed by atoms with van der Waals surface area (Å²) in [5.41, 5.74) is 7.31. The highest BCUT2D eigenvalue weighted by Gasteiger charge is 2.16. The summed E-state index contributed by atoms with van der Waals surface area (Å²) in [5, 5.41) is 0. The zero-order valence-corrected chi connectivity index (χ0v) is 9.23. The van der Waals surface area contributed by atoms with Gasteiger partial charge in [0.05, 0.1) is 0 Å². The Morgan fingerprint density at radius 3 is 2.87 bits per heavy atom. The first-order chi connectivity index (χ1) is 7.36. The fourth-order valence-corrected chi connectivity index (χ4v) is 2.48. The molecule has 2 N–H and O–H groups in total. The number of hydrogen-bond donors (Lipinski definition) is 1. The van der Waals surface area contributed by atoms with Gasteiger partial charge in [-0.05, 0) is 30.4 Å². The highest BCUT2D eigenvalue weighted by Crippen LogP contribution is 2.30. The SMILES string of the molecule is NC(CCC1CCCC1)c1cccnc1. The van der Waals surface area contributed by atoms with Crippen LogP contribution in [0.25, 0.3) is 0 Å². The van der Waals surface area contributed by atoms with Gasteiger partial charge in [0.15, 0.2) is 0 Å². The van der Waals surface area contributed by atoms with Gasteiger partial charge in [-0.15, -0.1) is 0 Å². The Labute approximate surface area is 91.9 Å². The molecule has 1 unspecified atom stereocenters. The molecule has 1 aliphatic carbocycles. The molecule has 0 bridgehead atoms. The van der Waals surface area contributed by atoms with E-state index in [1.165, 1.54) is 37.7 Å². The number of aromatic nitrogens is 1. The van der Waals surface area contributed by atoms with Crippen molar-refractivity contribution in [3.8, 4) is 0 Å². The Hall–Kier alpha value is -0.890. The summed E-state index contributed by atoms with van der Waals surface area (Å²) in [7, 11) is 0. The second-order valence-electron chi connectivity index (χ2n) is 4.62. The standard InChI is InChI=1S/C13H20N2/c14-13(12-6-3-9-15-10-12)8-7-11-4-1-2-5-11/h3,6,9-11,13H,1-2,4-5,7-8,14H2. The Bertz CT molecular complexity index is 278. The van der Waals surface area contributed by atoms with Crippen LogP contribution in [-0.2, 0) is 0 Å². The second kappa shape index (κ2) is 5.26. The molecule has 1 fully saturated rings. The third-order valence-corrected chi connectivity index (χ3v) is 3.47. The normalized spacial score (nSPS) is 19.3. The van der Waals surface area contributed by atoms with Gasteiger partial charge in [0.25, 0.3) is 0 Å². The molecule has 1 atom stereocenters. The van der Waals surface area contributed by atoms with Crippen molar-refractivity contribution in [2.45, 2.75) is 44.6 Å². The van der Waals surface area contributed by atoms with Crippen LogP contribution in [0.1, 0.15) is 50.1 Å². The fraction of sp³-hybridized carbons (Fsp3) is 0.615. The lowest BCUT2D eigenvalue weighted by molar-refractivity contribution is 0.453. The van der Waals surface area contributed by atoms with Crippen LogP contribution < -0.4 is 5.73 Å². The molecule has 0 amide bonds. The van der Waals surface area contributed by atoms with Crippen LogP contribution in [0, 0.1) is 5.92 Å². The minimum Gasteiger partial charge on any atom is -0.324 e. The molecule has 1 aliphatic rings. The summed E-state index contributed by atoms with van der Waals surface area (Å²) >= 11 is 0. The van der Waals surface area contributed by atoms with E-state index in [2.05, 4.69) is 11.1 Å². The molecule has 0 saturated heterocycles. The van der Waals surface area contributed by atoms with Crippen LogP contribution in [0.4, 0.5) is 0 Å². The van der Waals surface area contributed by atoms with Crippen molar-refractivity contribution in [1.29, 1.82) is 0 Å². The van der Waals surface area contributed by atoms with Gasteiger partial charge in [0.1, 0.15) is 0 Å². The highest BCUT2D eigenvalue weighted by atomic mass is 14.7. The summed E-state index contributed by atoms with van der Waals surface area (Å²) in [6.45, 7) is 0. The summed E-state index contributed by atoms with van der Waals surface area (Å²) in [5.74, 6) is 0.938. The van der Waals surface area contributed by atoms with Crippen LogP contribution in [0.5, 0.6) is 0 Å². The van der Waals surface area contributed by atoms with Crippen molar-refractivity contribution >= 4 is 0 Å². The van der Waals surface area contributed by atoms with E-state index >= 15 is 0 Å². The first kappa shape index (κ1) is 10.6. The smallest absolute Gasteiger partial charge is 0.0315 e. The largest absolute Gasteiger partial charge is 0.324 e. The van der Waals surface area contributed by atoms with Crippen LogP contribution in [-0.4, -0.2) is 4.98 Å². The quantitative estimate of drug-likeness (QED) is 0.818. The molecule has 0 aliphatic heterocycles. The molecule has 2 heteroatoms. The lowest BCUT2D eigenvalue weighted by Crippen LogP contribution is -2.11. The van der Waals surface area contributed by atoms with E-state index in [0.29, 0.717) is 0 Å². The van der Waals surface area contributed by atoms with Gasteiger partial charge in [-0.1, -0.05) is 31.7 Å². The van der Waals surface area contributed by atoms with Gasteiger partial charge in [-0.25, -0.2) is 0 Å². The number of pyridine rings is 1. The van der Waals surface area contributed by atoms with E-state index < -0.39 is 0 Å². The van der Waals surface area contributed by atoms with Gasteiger partial charge in [0.2, 0.25) is 0 Å². The molecule has 82 valence electrons. The van der Waals surface area contributed by atoms with Gasteiger partial charge < -0.3 is 5.73 Å². The molecule has 1 saturated carbocycles. The molecular formula is C13H20N2. The Kier molecular flexibility index (Phi) is 3.73. The Morgan fingerprint density at radius 1 is 1.40 bits per heavy atom. The Morgan fingerprint density at radius 2 is 2.20 bits per heavy atom. The summed E-state index contributed by atoms with van der Waals surface area (Å²) in [4.78, 5) is 4.11. The first-order valence-electron chi connectivity index (χ1n) is 6.02. The van der Waals surface area contributed by atoms with Crippen molar-refractivity contribution in [3.05, 3.63) is 30.1 Å². The maximum atomic E-state index is 6.13. The molecule has 15 heavy (non-hydrogen) atoms. The number of rotatable bonds is 4. The number of nitrogens with two attached hydrogens (primary N) is 1. The van der Waals surface area contributed by atoms with E-state index in [-0.39, 0.29) is 6.04 Å². The van der Waals surface area contributed by atoms with Crippen molar-refractivity contribution in [1.82, 2.24) is 4.98 Å². The van der Waals surface area contributed by atoms with E-state index in [1.807, 2.05) is 12.3 Å². The minimum atomic E-state index is 0.180. The third kappa shape index (κ3) is 3.03. The second-order valence-corrected chi connectivity index (χ2v) is 4.62. The zero-order chi connectivity index (χ0) is 10.5. The van der Waals surface area contributed by atoms with E-state index in [0.717, 1.165) is 12.3 Å². The molecule has 1 aromatic heterocycles. The van der Waals surface area contributed by atoms with Gasteiger partial charge in [-0.3, -0.25) is 4.98 Å². The highest BCUT2D eigenvalue weighted by molar-refractivity contribution is 5.12. The third-order valence-electron chi connectivity index (χ3n) is 3.47. The maximum absolute atomic E-state index is 6.13. The van der Waals surface area contributed by atoms with Crippen molar-refractivity contribution < 1.29 is 0 Å².